The molecule has 0 radical (unpaired) electrons. The molecule has 59 heavy (non-hydrogen) atoms. The summed E-state index contributed by atoms with van der Waals surface area (Å²) in [6.07, 6.45) is 8.22. The number of ether oxygens (including phenoxy) is 1. The molecule has 0 unspecified atom stereocenters. The van der Waals surface area contributed by atoms with Crippen LogP contribution in [0.3, 0.4) is 0 Å². The molecule has 1 aliphatic heterocycles. The number of carboxylic acid groups (broad SMARTS) is 1. The smallest absolute Gasteiger partial charge is 0.309 e. The Balaban J connectivity index is 1.92. The van der Waals surface area contributed by atoms with Crippen LogP contribution in [0.2, 0.25) is 0 Å². The fraction of sp³-hybridized carbons (Fsp3) is 0.717. The normalized spacial score (nSPS) is 17.6. The molecule has 2 aromatic rings. The highest BCUT2D eigenvalue weighted by Gasteiger charge is 2.39. The Hall–Kier alpha value is -3.55. The maximum absolute atomic E-state index is 15.0. The lowest BCUT2D eigenvalue weighted by Gasteiger charge is -2.41. The molecule has 0 aliphatic carbocycles. The number of carbonyl (C=O) groups is 4. The van der Waals surface area contributed by atoms with Gasteiger partial charge in [0.05, 0.1) is 11.5 Å². The third-order valence-electron chi connectivity index (χ3n) is 12.0. The van der Waals surface area contributed by atoms with Crippen molar-refractivity contribution in [3.63, 3.8) is 0 Å². The number of amides is 3. The van der Waals surface area contributed by atoms with E-state index in [1.807, 2.05) is 24.0 Å². The van der Waals surface area contributed by atoms with Crippen LogP contribution in [-0.2, 0) is 25.5 Å². The predicted molar refractivity (Wildman–Crippen MR) is 238 cm³/mol. The van der Waals surface area contributed by atoms with Gasteiger partial charge in [0, 0.05) is 48.8 Å². The maximum Gasteiger partial charge on any atom is 0.309 e. The standard InChI is InChI=1S/C46H76N6O6S/c1-11-14-15-17-25-52(44(55)40(32(8)12-2)50-42(54)37-19-16-18-24-51(37)31(6)7)38(30(4)5)27-39(58-13-3)43-49-36(29-59-43)41(53)48-35(28-46(9,10)45(56)57)26-33-20-22-34(47)23-21-33/h20-23,29-32,35,37-40H,11-19,24-28,47H2,1-10H3,(H,48,53)(H,50,54)(H,56,57)/t32-,35-,37+,38+,39+,40-/m0/s1. The van der Waals surface area contributed by atoms with Gasteiger partial charge in [-0.1, -0.05) is 78.9 Å². The van der Waals surface area contributed by atoms with Crippen molar-refractivity contribution >= 4 is 40.7 Å². The number of thiazole rings is 1. The van der Waals surface area contributed by atoms with Gasteiger partial charge in [0.2, 0.25) is 11.8 Å². The number of nitrogens with zero attached hydrogens (tertiary/aromatic N) is 3. The van der Waals surface area contributed by atoms with Crippen LogP contribution < -0.4 is 16.4 Å². The number of aromatic nitrogens is 1. The lowest BCUT2D eigenvalue weighted by atomic mass is 9.84. The molecule has 0 bridgehead atoms. The summed E-state index contributed by atoms with van der Waals surface area (Å²) in [6.45, 7) is 21.9. The Labute approximate surface area is 358 Å². The van der Waals surface area contributed by atoms with E-state index in [1.54, 1.807) is 31.4 Å². The topological polar surface area (TPSA) is 167 Å². The summed E-state index contributed by atoms with van der Waals surface area (Å²) in [4.78, 5) is 64.0. The molecule has 1 aliphatic rings. The minimum atomic E-state index is -1.08. The van der Waals surface area contributed by atoms with Crippen molar-refractivity contribution in [2.45, 2.75) is 176 Å². The molecule has 1 aromatic carbocycles. The van der Waals surface area contributed by atoms with Crippen LogP contribution in [0.4, 0.5) is 5.69 Å². The first-order valence-corrected chi connectivity index (χ1v) is 23.1. The molecule has 0 saturated carbocycles. The first-order chi connectivity index (χ1) is 27.9. The van der Waals surface area contributed by atoms with Crippen LogP contribution >= 0.6 is 11.3 Å². The number of nitrogens with two attached hydrogens (primary N) is 1. The summed E-state index contributed by atoms with van der Waals surface area (Å²) in [5, 5.41) is 18.6. The van der Waals surface area contributed by atoms with Crippen LogP contribution in [-0.4, -0.2) is 93.5 Å². The average molecular weight is 841 g/mol. The minimum Gasteiger partial charge on any atom is -0.481 e. The summed E-state index contributed by atoms with van der Waals surface area (Å²) in [5.41, 5.74) is 6.60. The molecule has 1 fully saturated rings. The number of hydrogen-bond acceptors (Lipinski definition) is 9. The molecule has 12 nitrogen and oxygen atoms in total. The molecular formula is C46H76N6O6S. The molecule has 3 rings (SSSR count). The number of benzene rings is 1. The highest BCUT2D eigenvalue weighted by Crippen LogP contribution is 2.32. The van der Waals surface area contributed by atoms with Gasteiger partial charge in [-0.2, -0.15) is 0 Å². The number of carboxylic acids is 1. The third kappa shape index (κ3) is 14.8. The second-order valence-corrected chi connectivity index (χ2v) is 18.8. The Morgan fingerprint density at radius 3 is 2.31 bits per heavy atom. The first-order valence-electron chi connectivity index (χ1n) is 22.3. The third-order valence-corrected chi connectivity index (χ3v) is 12.9. The van der Waals surface area contributed by atoms with E-state index in [4.69, 9.17) is 15.5 Å². The van der Waals surface area contributed by atoms with Gasteiger partial charge in [0.1, 0.15) is 22.8 Å². The fourth-order valence-electron chi connectivity index (χ4n) is 8.15. The zero-order valence-electron chi connectivity index (χ0n) is 37.7. The summed E-state index contributed by atoms with van der Waals surface area (Å²) < 4.78 is 6.37. The van der Waals surface area contributed by atoms with Gasteiger partial charge in [-0.3, -0.25) is 24.1 Å². The van der Waals surface area contributed by atoms with E-state index in [0.717, 1.165) is 63.5 Å². The Kier molecular flexibility index (Phi) is 20.3. The van der Waals surface area contributed by atoms with Gasteiger partial charge in [-0.25, -0.2) is 4.98 Å². The van der Waals surface area contributed by atoms with E-state index in [-0.39, 0.29) is 53.9 Å². The largest absolute Gasteiger partial charge is 0.481 e. The first kappa shape index (κ1) is 49.8. The van der Waals surface area contributed by atoms with E-state index < -0.39 is 35.5 Å². The van der Waals surface area contributed by atoms with Gasteiger partial charge in [0.25, 0.3) is 5.91 Å². The highest BCUT2D eigenvalue weighted by atomic mass is 32.1. The van der Waals surface area contributed by atoms with Gasteiger partial charge in [-0.05, 0) is 103 Å². The van der Waals surface area contributed by atoms with E-state index in [2.05, 4.69) is 64.0 Å². The van der Waals surface area contributed by atoms with Crippen LogP contribution in [0.15, 0.2) is 29.6 Å². The van der Waals surface area contributed by atoms with Gasteiger partial charge in [-0.15, -0.1) is 11.3 Å². The second-order valence-electron chi connectivity index (χ2n) is 17.9. The number of piperidine rings is 1. The quantitative estimate of drug-likeness (QED) is 0.0569. The lowest BCUT2D eigenvalue weighted by molar-refractivity contribution is -0.147. The number of likely N-dealkylation sites (tertiary alicyclic amines) is 1. The second kappa shape index (κ2) is 24.0. The van der Waals surface area contributed by atoms with E-state index in [9.17, 15) is 24.3 Å². The molecular weight excluding hydrogens is 765 g/mol. The number of rotatable bonds is 25. The minimum absolute atomic E-state index is 0.0549. The zero-order chi connectivity index (χ0) is 43.9. The Bertz CT molecular complexity index is 1610. The van der Waals surface area contributed by atoms with Crippen molar-refractivity contribution in [3.8, 4) is 0 Å². The highest BCUT2D eigenvalue weighted by molar-refractivity contribution is 7.09. The average Bonchev–Trinajstić information content (AvgIpc) is 3.69. The fourth-order valence-corrected chi connectivity index (χ4v) is 9.01. The summed E-state index contributed by atoms with van der Waals surface area (Å²) in [7, 11) is 0. The summed E-state index contributed by atoms with van der Waals surface area (Å²) in [5.74, 6) is -1.46. The molecule has 1 saturated heterocycles. The Morgan fingerprint density at radius 1 is 1.02 bits per heavy atom. The summed E-state index contributed by atoms with van der Waals surface area (Å²) in [6, 6.07) is 5.96. The molecule has 0 spiro atoms. The van der Waals surface area contributed by atoms with Crippen molar-refractivity contribution < 1.29 is 29.0 Å². The molecule has 2 heterocycles. The van der Waals surface area contributed by atoms with E-state index >= 15 is 0 Å². The maximum atomic E-state index is 15.0. The Morgan fingerprint density at radius 2 is 1.71 bits per heavy atom. The lowest BCUT2D eigenvalue weighted by Crippen LogP contribution is -2.60. The number of nitrogen functional groups attached to an aromatic ring is 1. The van der Waals surface area contributed by atoms with Crippen LogP contribution in [0.5, 0.6) is 0 Å². The molecule has 6 atom stereocenters. The number of anilines is 1. The number of carbonyl (C=O) groups excluding carboxylic acids is 3. The van der Waals surface area contributed by atoms with Crippen LogP contribution in [0.1, 0.15) is 161 Å². The molecule has 332 valence electrons. The molecule has 1 aromatic heterocycles. The van der Waals surface area contributed by atoms with Crippen molar-refractivity contribution in [3.05, 3.63) is 45.9 Å². The molecule has 13 heteroatoms. The number of hydrogen-bond donors (Lipinski definition) is 4. The monoisotopic (exact) mass is 841 g/mol. The van der Waals surface area contributed by atoms with Gasteiger partial charge in [0.15, 0.2) is 0 Å². The zero-order valence-corrected chi connectivity index (χ0v) is 38.5. The van der Waals surface area contributed by atoms with Crippen molar-refractivity contribution in [2.75, 3.05) is 25.4 Å². The number of aliphatic carboxylic acids is 1. The van der Waals surface area contributed by atoms with Crippen LogP contribution in [0, 0.1) is 17.3 Å². The SMILES string of the molecule is CCCCCCN(C(=O)[C@@H](NC(=O)[C@H]1CCCCN1C(C)C)[C@@H](C)CC)[C@H](C[C@@H](OCC)c1nc(C(=O)N[C@@H](Cc2ccc(N)cc2)CC(C)(C)C(=O)O)cs1)C(C)C. The van der Waals surface area contributed by atoms with Crippen molar-refractivity contribution in [2.24, 2.45) is 17.3 Å². The molecule has 3 amide bonds. The molecule has 5 N–H and O–H groups in total. The number of unbranched alkanes of at least 4 members (excludes halogenated alkanes) is 3. The summed E-state index contributed by atoms with van der Waals surface area (Å²) >= 11 is 1.35. The van der Waals surface area contributed by atoms with E-state index in [1.165, 1.54) is 11.3 Å². The number of nitrogens with one attached hydrogen (secondary N) is 2. The van der Waals surface area contributed by atoms with Crippen molar-refractivity contribution in [1.29, 1.82) is 0 Å². The van der Waals surface area contributed by atoms with Crippen molar-refractivity contribution in [1.82, 2.24) is 25.4 Å². The van der Waals surface area contributed by atoms with Gasteiger partial charge < -0.3 is 31.1 Å². The van der Waals surface area contributed by atoms with Gasteiger partial charge >= 0.3 is 5.97 Å². The van der Waals surface area contributed by atoms with Crippen LogP contribution in [0.25, 0.3) is 0 Å². The predicted octanol–water partition coefficient (Wildman–Crippen LogP) is 8.26. The van der Waals surface area contributed by atoms with E-state index in [0.29, 0.717) is 36.7 Å².